The van der Waals surface area contributed by atoms with Gasteiger partial charge in [0.1, 0.15) is 5.69 Å². The molecule has 1 aromatic heterocycles. The molecule has 0 spiro atoms. The van der Waals surface area contributed by atoms with Gasteiger partial charge in [-0.15, -0.1) is 0 Å². The number of hydrogen-bond donors (Lipinski definition) is 2. The Hall–Kier alpha value is -3.50. The highest BCUT2D eigenvalue weighted by molar-refractivity contribution is 5.96. The smallest absolute Gasteiger partial charge is 0.297 e. The van der Waals surface area contributed by atoms with Gasteiger partial charge in [0.25, 0.3) is 11.6 Å². The van der Waals surface area contributed by atoms with E-state index in [1.807, 2.05) is 4.90 Å². The van der Waals surface area contributed by atoms with Gasteiger partial charge in [-0.05, 0) is 35.1 Å². The van der Waals surface area contributed by atoms with Crippen molar-refractivity contribution in [2.24, 2.45) is 11.0 Å². The van der Waals surface area contributed by atoms with E-state index < -0.39 is 10.8 Å². The van der Waals surface area contributed by atoms with Crippen LogP contribution in [-0.4, -0.2) is 40.4 Å². The Balaban J connectivity index is 1.73. The third-order valence-electron chi connectivity index (χ3n) is 4.43. The molecule has 3 N–H and O–H groups in total. The first kappa shape index (κ1) is 18.3. The zero-order valence-electron chi connectivity index (χ0n) is 14.7. The minimum Gasteiger partial charge on any atom is -0.379 e. The molecule has 1 aliphatic rings. The van der Waals surface area contributed by atoms with E-state index >= 15 is 0 Å². The number of hydrogen-bond acceptors (Lipinski definition) is 9. The van der Waals surface area contributed by atoms with Gasteiger partial charge in [-0.1, -0.05) is 13.0 Å². The molecule has 0 unspecified atom stereocenters. The molecule has 1 aliphatic heterocycles. The van der Waals surface area contributed by atoms with Gasteiger partial charge < -0.3 is 10.6 Å². The van der Waals surface area contributed by atoms with Crippen molar-refractivity contribution in [3.8, 4) is 0 Å². The molecule has 1 fully saturated rings. The normalized spacial score (nSPS) is 15.2. The predicted octanol–water partition coefficient (Wildman–Crippen LogP) is 1.56. The number of carbonyl (C=O) groups is 1. The molecule has 1 amide bonds. The van der Waals surface area contributed by atoms with E-state index in [-0.39, 0.29) is 17.2 Å². The van der Waals surface area contributed by atoms with E-state index in [9.17, 15) is 14.9 Å². The third-order valence-corrected chi connectivity index (χ3v) is 4.43. The fourth-order valence-electron chi connectivity index (χ4n) is 2.86. The molecule has 0 atom stereocenters. The van der Waals surface area contributed by atoms with Crippen LogP contribution in [0.25, 0.3) is 0 Å². The average Bonchev–Trinajstić information content (AvgIpc) is 3.08. The molecule has 2 aromatic rings. The zero-order valence-corrected chi connectivity index (χ0v) is 14.7. The lowest BCUT2D eigenvalue weighted by molar-refractivity contribution is -0.384. The van der Waals surface area contributed by atoms with Gasteiger partial charge in [0.2, 0.25) is 11.5 Å². The maximum Gasteiger partial charge on any atom is 0.297 e. The molecule has 3 rings (SSSR count). The first-order valence-electron chi connectivity index (χ1n) is 8.40. The second kappa shape index (κ2) is 7.81. The maximum atomic E-state index is 11.8. The van der Waals surface area contributed by atoms with Crippen LogP contribution in [0.2, 0.25) is 0 Å². The Labute approximate surface area is 154 Å². The maximum absolute atomic E-state index is 11.8. The lowest BCUT2D eigenvalue weighted by Crippen LogP contribution is -2.33. The van der Waals surface area contributed by atoms with Crippen molar-refractivity contribution in [3.05, 3.63) is 39.6 Å². The minimum atomic E-state index is -0.696. The topological polar surface area (TPSA) is 153 Å². The number of nitrogen functional groups attached to an aromatic ring is 1. The number of hydrazone groups is 1. The van der Waals surface area contributed by atoms with Gasteiger partial charge in [0.15, 0.2) is 0 Å². The Morgan fingerprint density at radius 2 is 2.19 bits per heavy atom. The standard InChI is InChI=1S/C16H19N7O4/c1-10-4-6-22(7-5-10)12-3-2-11(8-13(12)23(25)26)9-18-19-16(24)14-15(17)21-27-20-14/h2-3,8-10H,4-7H2,1H3,(H2,17,21)(H,19,24)/b18-9+. The molecule has 1 aromatic carbocycles. The summed E-state index contributed by atoms with van der Waals surface area (Å²) in [5.74, 6) is -0.221. The predicted molar refractivity (Wildman–Crippen MR) is 97.5 cm³/mol. The Kier molecular flexibility index (Phi) is 5.29. The summed E-state index contributed by atoms with van der Waals surface area (Å²) in [5, 5.41) is 21.9. The van der Waals surface area contributed by atoms with Crippen LogP contribution in [0.1, 0.15) is 35.8 Å². The van der Waals surface area contributed by atoms with Gasteiger partial charge >= 0.3 is 0 Å². The van der Waals surface area contributed by atoms with Gasteiger partial charge in [-0.3, -0.25) is 14.9 Å². The van der Waals surface area contributed by atoms with Crippen LogP contribution < -0.4 is 16.1 Å². The van der Waals surface area contributed by atoms with Crippen LogP contribution in [0.15, 0.2) is 27.9 Å². The lowest BCUT2D eigenvalue weighted by Gasteiger charge is -2.31. The highest BCUT2D eigenvalue weighted by atomic mass is 16.6. The molecule has 11 heteroatoms. The summed E-state index contributed by atoms with van der Waals surface area (Å²) in [6.45, 7) is 3.76. The molecule has 2 heterocycles. The van der Waals surface area contributed by atoms with Crippen LogP contribution in [0, 0.1) is 16.0 Å². The van der Waals surface area contributed by atoms with Gasteiger partial charge in [0, 0.05) is 24.7 Å². The molecule has 0 saturated carbocycles. The van der Waals surface area contributed by atoms with Crippen molar-refractivity contribution in [2.45, 2.75) is 19.8 Å². The van der Waals surface area contributed by atoms with Crippen molar-refractivity contribution < 1.29 is 14.3 Å². The van der Waals surface area contributed by atoms with Crippen molar-refractivity contribution in [1.29, 1.82) is 0 Å². The fraction of sp³-hybridized carbons (Fsp3) is 0.375. The number of nitro benzene ring substituents is 1. The number of carbonyl (C=O) groups excluding carboxylic acids is 1. The van der Waals surface area contributed by atoms with E-state index in [1.165, 1.54) is 12.3 Å². The van der Waals surface area contributed by atoms with Crippen LogP contribution in [0.5, 0.6) is 0 Å². The van der Waals surface area contributed by atoms with E-state index in [0.29, 0.717) is 17.2 Å². The second-order valence-electron chi connectivity index (χ2n) is 6.37. The molecule has 27 heavy (non-hydrogen) atoms. The van der Waals surface area contributed by atoms with E-state index in [2.05, 4.69) is 32.4 Å². The first-order valence-corrected chi connectivity index (χ1v) is 8.40. The summed E-state index contributed by atoms with van der Waals surface area (Å²) >= 11 is 0. The number of anilines is 2. The van der Waals surface area contributed by atoms with Gasteiger partial charge in [-0.2, -0.15) is 5.10 Å². The number of amides is 1. The minimum absolute atomic E-state index is 0.00442. The lowest BCUT2D eigenvalue weighted by atomic mass is 9.98. The van der Waals surface area contributed by atoms with Gasteiger partial charge in [0.05, 0.1) is 11.1 Å². The number of aromatic nitrogens is 2. The first-order chi connectivity index (χ1) is 13.0. The summed E-state index contributed by atoms with van der Waals surface area (Å²) in [4.78, 5) is 24.9. The number of nitrogens with two attached hydrogens (primary N) is 1. The average molecular weight is 373 g/mol. The van der Waals surface area contributed by atoms with Crippen molar-refractivity contribution in [2.75, 3.05) is 23.7 Å². The summed E-state index contributed by atoms with van der Waals surface area (Å²) in [7, 11) is 0. The molecule has 0 radical (unpaired) electrons. The van der Waals surface area contributed by atoms with Gasteiger partial charge in [-0.25, -0.2) is 10.1 Å². The molecule has 11 nitrogen and oxygen atoms in total. The summed E-state index contributed by atoms with van der Waals surface area (Å²) < 4.78 is 4.33. The molecule has 0 bridgehead atoms. The number of rotatable bonds is 5. The largest absolute Gasteiger partial charge is 0.379 e. The summed E-state index contributed by atoms with van der Waals surface area (Å²) in [6.07, 6.45) is 3.32. The molecular weight excluding hydrogens is 354 g/mol. The number of piperidine rings is 1. The Bertz CT molecular complexity index is 871. The van der Waals surface area contributed by atoms with Crippen LogP contribution in [0.3, 0.4) is 0 Å². The Morgan fingerprint density at radius 3 is 2.81 bits per heavy atom. The number of nitrogens with zero attached hydrogens (tertiary/aromatic N) is 5. The monoisotopic (exact) mass is 373 g/mol. The quantitative estimate of drug-likeness (QED) is 0.455. The van der Waals surface area contributed by atoms with E-state index in [0.717, 1.165) is 25.9 Å². The van der Waals surface area contributed by atoms with E-state index in [1.54, 1.807) is 12.1 Å². The summed E-state index contributed by atoms with van der Waals surface area (Å²) in [6, 6.07) is 4.84. The Morgan fingerprint density at radius 1 is 1.44 bits per heavy atom. The molecule has 0 aliphatic carbocycles. The zero-order chi connectivity index (χ0) is 19.4. The van der Waals surface area contributed by atoms with Crippen LogP contribution in [0.4, 0.5) is 17.2 Å². The summed E-state index contributed by atoms with van der Waals surface area (Å²) in [5.41, 5.74) is 8.51. The second-order valence-corrected chi connectivity index (χ2v) is 6.37. The number of nitro groups is 1. The van der Waals surface area contributed by atoms with Crippen molar-refractivity contribution in [3.63, 3.8) is 0 Å². The highest BCUT2D eigenvalue weighted by Crippen LogP contribution is 2.32. The van der Waals surface area contributed by atoms with Crippen LogP contribution >= 0.6 is 0 Å². The SMILES string of the molecule is CC1CCN(c2ccc(/C=N/NC(=O)c3nonc3N)cc2[N+](=O)[O-])CC1. The molecule has 142 valence electrons. The van der Waals surface area contributed by atoms with Crippen LogP contribution in [-0.2, 0) is 0 Å². The highest BCUT2D eigenvalue weighted by Gasteiger charge is 2.23. The molecule has 1 saturated heterocycles. The van der Waals surface area contributed by atoms with Crippen molar-refractivity contribution in [1.82, 2.24) is 15.7 Å². The third kappa shape index (κ3) is 4.19. The number of benzene rings is 1. The fourth-order valence-corrected chi connectivity index (χ4v) is 2.86. The molecular formula is C16H19N7O4. The van der Waals surface area contributed by atoms with E-state index in [4.69, 9.17) is 5.73 Å². The number of nitrogens with one attached hydrogen (secondary N) is 1. The van der Waals surface area contributed by atoms with Crippen molar-refractivity contribution >= 4 is 29.3 Å².